The van der Waals surface area contributed by atoms with E-state index in [1.54, 1.807) is 30.3 Å². The standard InChI is InChI=1S/C19H22FNO4S/c1-14(2)25-15-7-9-16(10-8-15)26(22,23)21-11-12-24-19(13-21)17-5-3-4-6-18(17)20/h3-10,14,19H,11-13H2,1-2H3. The molecule has 0 radical (unpaired) electrons. The Morgan fingerprint density at radius 3 is 2.50 bits per heavy atom. The highest BCUT2D eigenvalue weighted by molar-refractivity contribution is 7.89. The lowest BCUT2D eigenvalue weighted by atomic mass is 10.1. The average Bonchev–Trinajstić information content (AvgIpc) is 2.62. The second kappa shape index (κ2) is 7.73. The molecule has 26 heavy (non-hydrogen) atoms. The van der Waals surface area contributed by atoms with Crippen molar-refractivity contribution in [1.82, 2.24) is 4.31 Å². The van der Waals surface area contributed by atoms with E-state index in [0.29, 0.717) is 11.3 Å². The number of morpholine rings is 1. The zero-order valence-corrected chi connectivity index (χ0v) is 15.6. The number of rotatable bonds is 5. The van der Waals surface area contributed by atoms with Gasteiger partial charge in [0.1, 0.15) is 11.6 Å². The van der Waals surface area contributed by atoms with Crippen molar-refractivity contribution in [2.45, 2.75) is 31.0 Å². The van der Waals surface area contributed by atoms with Gasteiger partial charge in [-0.05, 0) is 44.2 Å². The van der Waals surface area contributed by atoms with Gasteiger partial charge in [0.25, 0.3) is 0 Å². The molecule has 1 aliphatic heterocycles. The molecule has 5 nitrogen and oxygen atoms in total. The number of benzene rings is 2. The van der Waals surface area contributed by atoms with Gasteiger partial charge in [-0.25, -0.2) is 12.8 Å². The molecule has 1 atom stereocenters. The summed E-state index contributed by atoms with van der Waals surface area (Å²) in [6.45, 7) is 4.33. The molecular formula is C19H22FNO4S. The van der Waals surface area contributed by atoms with Gasteiger partial charge in [-0.15, -0.1) is 0 Å². The van der Waals surface area contributed by atoms with Crippen molar-refractivity contribution in [2.75, 3.05) is 19.7 Å². The summed E-state index contributed by atoms with van der Waals surface area (Å²) in [5, 5.41) is 0. The Labute approximate surface area is 153 Å². The van der Waals surface area contributed by atoms with Gasteiger partial charge >= 0.3 is 0 Å². The Bertz CT molecular complexity index is 852. The van der Waals surface area contributed by atoms with E-state index in [1.165, 1.54) is 22.5 Å². The number of hydrogen-bond acceptors (Lipinski definition) is 4. The zero-order valence-electron chi connectivity index (χ0n) is 14.8. The fraction of sp³-hybridized carbons (Fsp3) is 0.368. The highest BCUT2D eigenvalue weighted by atomic mass is 32.2. The molecule has 0 saturated carbocycles. The molecule has 1 saturated heterocycles. The van der Waals surface area contributed by atoms with Gasteiger partial charge < -0.3 is 9.47 Å². The molecule has 7 heteroatoms. The second-order valence-corrected chi connectivity index (χ2v) is 8.32. The summed E-state index contributed by atoms with van der Waals surface area (Å²) in [6.07, 6.45) is -0.610. The summed E-state index contributed by atoms with van der Waals surface area (Å²) in [4.78, 5) is 0.183. The normalized spacial score (nSPS) is 18.8. The molecular weight excluding hydrogens is 357 g/mol. The maximum Gasteiger partial charge on any atom is 0.243 e. The maximum absolute atomic E-state index is 14.0. The van der Waals surface area contributed by atoms with E-state index in [0.717, 1.165) is 0 Å². The van der Waals surface area contributed by atoms with E-state index in [9.17, 15) is 12.8 Å². The van der Waals surface area contributed by atoms with Crippen molar-refractivity contribution >= 4 is 10.0 Å². The van der Waals surface area contributed by atoms with Crippen molar-refractivity contribution < 1.29 is 22.3 Å². The minimum atomic E-state index is -3.69. The molecule has 1 heterocycles. The van der Waals surface area contributed by atoms with Crippen LogP contribution in [-0.4, -0.2) is 38.5 Å². The minimum Gasteiger partial charge on any atom is -0.491 e. The van der Waals surface area contributed by atoms with E-state index in [-0.39, 0.29) is 30.7 Å². The molecule has 0 bridgehead atoms. The van der Waals surface area contributed by atoms with Gasteiger partial charge in [0.15, 0.2) is 0 Å². The van der Waals surface area contributed by atoms with Gasteiger partial charge in [-0.2, -0.15) is 4.31 Å². The molecule has 0 spiro atoms. The Morgan fingerprint density at radius 2 is 1.85 bits per heavy atom. The van der Waals surface area contributed by atoms with Crippen LogP contribution in [0, 0.1) is 5.82 Å². The van der Waals surface area contributed by atoms with Crippen LogP contribution in [0.15, 0.2) is 53.4 Å². The lowest BCUT2D eigenvalue weighted by Crippen LogP contribution is -2.42. The molecule has 2 aromatic rings. The summed E-state index contributed by atoms with van der Waals surface area (Å²) >= 11 is 0. The summed E-state index contributed by atoms with van der Waals surface area (Å²) in [6, 6.07) is 12.6. The van der Waals surface area contributed by atoms with Crippen LogP contribution < -0.4 is 4.74 Å². The smallest absolute Gasteiger partial charge is 0.243 e. The van der Waals surface area contributed by atoms with Crippen molar-refractivity contribution in [3.8, 4) is 5.75 Å². The SMILES string of the molecule is CC(C)Oc1ccc(S(=O)(=O)N2CCOC(c3ccccc3F)C2)cc1. The van der Waals surface area contributed by atoms with Gasteiger partial charge in [-0.1, -0.05) is 18.2 Å². The molecule has 0 aromatic heterocycles. The number of ether oxygens (including phenoxy) is 2. The first-order valence-corrected chi connectivity index (χ1v) is 9.95. The second-order valence-electron chi connectivity index (χ2n) is 6.38. The van der Waals surface area contributed by atoms with Crippen LogP contribution in [0.4, 0.5) is 4.39 Å². The van der Waals surface area contributed by atoms with Crippen LogP contribution in [0.2, 0.25) is 0 Å². The van der Waals surface area contributed by atoms with Crippen molar-refractivity contribution in [3.63, 3.8) is 0 Å². The Balaban J connectivity index is 1.79. The first-order chi connectivity index (χ1) is 12.4. The van der Waals surface area contributed by atoms with Gasteiger partial charge in [-0.3, -0.25) is 0 Å². The van der Waals surface area contributed by atoms with Crippen LogP contribution in [0.5, 0.6) is 5.75 Å². The average molecular weight is 379 g/mol. The number of hydrogen-bond donors (Lipinski definition) is 0. The molecule has 1 unspecified atom stereocenters. The zero-order chi connectivity index (χ0) is 18.7. The minimum absolute atomic E-state index is 0.0122. The third-order valence-electron chi connectivity index (χ3n) is 4.11. The molecule has 2 aromatic carbocycles. The summed E-state index contributed by atoms with van der Waals surface area (Å²) in [7, 11) is -3.69. The summed E-state index contributed by atoms with van der Waals surface area (Å²) in [5.74, 6) is 0.220. The monoisotopic (exact) mass is 379 g/mol. The van der Waals surface area contributed by atoms with E-state index < -0.39 is 21.9 Å². The largest absolute Gasteiger partial charge is 0.491 e. The highest BCUT2D eigenvalue weighted by Crippen LogP contribution is 2.28. The molecule has 0 N–H and O–H groups in total. The fourth-order valence-corrected chi connectivity index (χ4v) is 4.30. The van der Waals surface area contributed by atoms with Crippen LogP contribution >= 0.6 is 0 Å². The number of halogens is 1. The van der Waals surface area contributed by atoms with Crippen molar-refractivity contribution in [1.29, 1.82) is 0 Å². The van der Waals surface area contributed by atoms with Gasteiger partial charge in [0.05, 0.1) is 23.7 Å². The first-order valence-electron chi connectivity index (χ1n) is 8.51. The predicted molar refractivity (Wildman–Crippen MR) is 96.1 cm³/mol. The number of nitrogens with zero attached hydrogens (tertiary/aromatic N) is 1. The van der Waals surface area contributed by atoms with E-state index in [4.69, 9.17) is 9.47 Å². The molecule has 1 aliphatic rings. The maximum atomic E-state index is 14.0. The molecule has 140 valence electrons. The van der Waals surface area contributed by atoms with Gasteiger partial charge in [0.2, 0.25) is 10.0 Å². The lowest BCUT2D eigenvalue weighted by Gasteiger charge is -2.32. The van der Waals surface area contributed by atoms with Crippen LogP contribution in [0.3, 0.4) is 0 Å². The molecule has 1 fully saturated rings. The van der Waals surface area contributed by atoms with Crippen LogP contribution in [0.25, 0.3) is 0 Å². The third kappa shape index (κ3) is 4.06. The topological polar surface area (TPSA) is 55.8 Å². The number of sulfonamides is 1. The summed E-state index contributed by atoms with van der Waals surface area (Å²) < 4.78 is 52.3. The fourth-order valence-electron chi connectivity index (χ4n) is 2.88. The van der Waals surface area contributed by atoms with E-state index in [2.05, 4.69) is 0 Å². The van der Waals surface area contributed by atoms with Gasteiger partial charge in [0, 0.05) is 18.7 Å². The molecule has 3 rings (SSSR count). The predicted octanol–water partition coefficient (Wildman–Crippen LogP) is 3.38. The van der Waals surface area contributed by atoms with Crippen LogP contribution in [-0.2, 0) is 14.8 Å². The lowest BCUT2D eigenvalue weighted by molar-refractivity contribution is -0.00443. The Morgan fingerprint density at radius 1 is 1.15 bits per heavy atom. The van der Waals surface area contributed by atoms with E-state index >= 15 is 0 Å². The molecule has 0 aliphatic carbocycles. The Kier molecular flexibility index (Phi) is 5.60. The highest BCUT2D eigenvalue weighted by Gasteiger charge is 2.32. The van der Waals surface area contributed by atoms with E-state index in [1.807, 2.05) is 13.8 Å². The molecule has 0 amide bonds. The Hall–Kier alpha value is -1.96. The third-order valence-corrected chi connectivity index (χ3v) is 5.99. The first kappa shape index (κ1) is 18.8. The van der Waals surface area contributed by atoms with Crippen LogP contribution in [0.1, 0.15) is 25.5 Å². The quantitative estimate of drug-likeness (QED) is 0.799. The summed E-state index contributed by atoms with van der Waals surface area (Å²) in [5.41, 5.74) is 0.369. The van der Waals surface area contributed by atoms with Crippen molar-refractivity contribution in [3.05, 3.63) is 59.9 Å². The van der Waals surface area contributed by atoms with Crippen molar-refractivity contribution in [2.24, 2.45) is 0 Å².